The lowest BCUT2D eigenvalue weighted by Crippen LogP contribution is -2.23. The van der Waals surface area contributed by atoms with Crippen molar-refractivity contribution in [3.63, 3.8) is 0 Å². The van der Waals surface area contributed by atoms with Crippen molar-refractivity contribution in [2.45, 2.75) is 11.8 Å². The number of aryl methyl sites for hydroxylation is 1. The molecule has 0 aliphatic heterocycles. The summed E-state index contributed by atoms with van der Waals surface area (Å²) < 4.78 is 30.9. The van der Waals surface area contributed by atoms with Crippen molar-refractivity contribution >= 4 is 21.6 Å². The third-order valence-corrected chi connectivity index (χ3v) is 5.44. The number of para-hydroxylation sites is 1. The van der Waals surface area contributed by atoms with E-state index < -0.39 is 15.9 Å². The maximum absolute atomic E-state index is 12.2. The lowest BCUT2D eigenvalue weighted by Gasteiger charge is -2.14. The van der Waals surface area contributed by atoms with E-state index in [1.54, 1.807) is 37.3 Å². The fourth-order valence-electron chi connectivity index (χ4n) is 2.12. The molecule has 0 unspecified atom stereocenters. The first-order valence-corrected chi connectivity index (χ1v) is 9.14. The number of carbonyl (C=O) groups excluding carboxylic acids is 1. The molecule has 0 spiro atoms. The van der Waals surface area contributed by atoms with Crippen molar-refractivity contribution in [1.82, 2.24) is 4.31 Å². The first-order chi connectivity index (χ1) is 12.3. The van der Waals surface area contributed by atoms with E-state index in [1.165, 1.54) is 26.2 Å². The minimum Gasteiger partial charge on any atom is -0.482 e. The van der Waals surface area contributed by atoms with Gasteiger partial charge in [0.05, 0.1) is 10.5 Å². The van der Waals surface area contributed by atoms with Crippen LogP contribution in [0.4, 0.5) is 5.69 Å². The molecule has 8 heteroatoms. The first kappa shape index (κ1) is 19.4. The van der Waals surface area contributed by atoms with Gasteiger partial charge in [0.1, 0.15) is 11.8 Å². The van der Waals surface area contributed by atoms with Crippen LogP contribution in [-0.4, -0.2) is 39.3 Å². The zero-order valence-electron chi connectivity index (χ0n) is 14.7. The molecule has 0 radical (unpaired) electrons. The summed E-state index contributed by atoms with van der Waals surface area (Å²) in [5.41, 5.74) is 1.43. The van der Waals surface area contributed by atoms with Crippen LogP contribution in [-0.2, 0) is 14.8 Å². The van der Waals surface area contributed by atoms with Crippen LogP contribution in [0.5, 0.6) is 5.75 Å². The molecule has 0 aliphatic carbocycles. The summed E-state index contributed by atoms with van der Waals surface area (Å²) in [7, 11) is -0.725. The van der Waals surface area contributed by atoms with Crippen LogP contribution in [0.25, 0.3) is 0 Å². The van der Waals surface area contributed by atoms with Gasteiger partial charge in [-0.2, -0.15) is 5.26 Å². The van der Waals surface area contributed by atoms with Crippen LogP contribution >= 0.6 is 0 Å². The molecule has 2 aromatic rings. The monoisotopic (exact) mass is 373 g/mol. The number of hydrogen-bond acceptors (Lipinski definition) is 5. The van der Waals surface area contributed by atoms with E-state index in [0.29, 0.717) is 22.6 Å². The van der Waals surface area contributed by atoms with Crippen molar-refractivity contribution in [2.24, 2.45) is 0 Å². The molecule has 0 heterocycles. The molecule has 1 amide bonds. The third-order valence-electron chi connectivity index (χ3n) is 3.63. The number of benzene rings is 2. The smallest absolute Gasteiger partial charge is 0.262 e. The topological polar surface area (TPSA) is 99.5 Å². The number of hydrogen-bond donors (Lipinski definition) is 1. The highest BCUT2D eigenvalue weighted by molar-refractivity contribution is 7.89. The Balaban J connectivity index is 2.13. The van der Waals surface area contributed by atoms with E-state index in [2.05, 4.69) is 5.32 Å². The van der Waals surface area contributed by atoms with E-state index >= 15 is 0 Å². The van der Waals surface area contributed by atoms with Gasteiger partial charge in [0.15, 0.2) is 6.61 Å². The predicted octanol–water partition coefficient (Wildman–Crippen LogP) is 2.13. The van der Waals surface area contributed by atoms with Crippen LogP contribution < -0.4 is 10.1 Å². The molecule has 7 nitrogen and oxygen atoms in total. The molecular weight excluding hydrogens is 354 g/mol. The second kappa shape index (κ2) is 7.99. The van der Waals surface area contributed by atoms with Crippen molar-refractivity contribution in [1.29, 1.82) is 5.26 Å². The molecule has 0 fully saturated rings. The van der Waals surface area contributed by atoms with Crippen LogP contribution in [0.3, 0.4) is 0 Å². The Morgan fingerprint density at radius 3 is 2.58 bits per heavy atom. The number of anilines is 1. The second-order valence-corrected chi connectivity index (χ2v) is 7.86. The molecule has 136 valence electrons. The van der Waals surface area contributed by atoms with Crippen LogP contribution in [0.15, 0.2) is 47.4 Å². The number of carbonyl (C=O) groups is 1. The largest absolute Gasteiger partial charge is 0.482 e. The number of sulfonamides is 1. The number of nitrogens with zero attached hydrogens (tertiary/aromatic N) is 2. The van der Waals surface area contributed by atoms with Gasteiger partial charge >= 0.3 is 0 Å². The summed E-state index contributed by atoms with van der Waals surface area (Å²) >= 11 is 0. The summed E-state index contributed by atoms with van der Waals surface area (Å²) in [5, 5.41) is 11.7. The number of ether oxygens (including phenoxy) is 1. The van der Waals surface area contributed by atoms with Gasteiger partial charge in [-0.3, -0.25) is 4.79 Å². The molecular formula is C18H19N3O4S. The Morgan fingerprint density at radius 1 is 1.23 bits per heavy atom. The second-order valence-electron chi connectivity index (χ2n) is 5.71. The molecule has 0 atom stereocenters. The van der Waals surface area contributed by atoms with E-state index in [0.717, 1.165) is 4.31 Å². The third kappa shape index (κ3) is 4.39. The molecule has 0 bridgehead atoms. The zero-order valence-corrected chi connectivity index (χ0v) is 15.5. The summed E-state index contributed by atoms with van der Waals surface area (Å²) in [6.45, 7) is 1.45. The van der Waals surface area contributed by atoms with E-state index in [-0.39, 0.29) is 11.5 Å². The molecule has 0 saturated heterocycles. The minimum absolute atomic E-state index is 0.0825. The van der Waals surface area contributed by atoms with Gasteiger partial charge < -0.3 is 10.1 Å². The first-order valence-electron chi connectivity index (χ1n) is 7.70. The van der Waals surface area contributed by atoms with Gasteiger partial charge in [-0.1, -0.05) is 18.2 Å². The highest BCUT2D eigenvalue weighted by atomic mass is 32.2. The Kier molecular flexibility index (Phi) is 5.97. The van der Waals surface area contributed by atoms with Crippen molar-refractivity contribution in [3.05, 3.63) is 53.6 Å². The summed E-state index contributed by atoms with van der Waals surface area (Å²) in [5.74, 6) is -0.147. The summed E-state index contributed by atoms with van der Waals surface area (Å²) in [6, 6.07) is 13.1. The highest BCUT2D eigenvalue weighted by Gasteiger charge is 2.18. The Morgan fingerprint density at radius 2 is 1.92 bits per heavy atom. The normalized spacial score (nSPS) is 11.0. The summed E-state index contributed by atoms with van der Waals surface area (Å²) in [4.78, 5) is 12.2. The molecule has 26 heavy (non-hydrogen) atoms. The molecule has 1 N–H and O–H groups in total. The minimum atomic E-state index is -3.60. The van der Waals surface area contributed by atoms with Gasteiger partial charge in [-0.15, -0.1) is 0 Å². The molecule has 2 rings (SSSR count). The standard InChI is InChI=1S/C18H19N3O4S/c1-13-8-9-15(26(23,24)21(2)3)10-16(13)20-18(22)12-25-17-7-5-4-6-14(17)11-19/h4-10H,12H2,1-3H3,(H,20,22). The maximum Gasteiger partial charge on any atom is 0.262 e. The lowest BCUT2D eigenvalue weighted by molar-refractivity contribution is -0.118. The van der Waals surface area contributed by atoms with Crippen LogP contribution in [0.2, 0.25) is 0 Å². The Labute approximate surface area is 152 Å². The van der Waals surface area contributed by atoms with Crippen LogP contribution in [0, 0.1) is 18.3 Å². The highest BCUT2D eigenvalue weighted by Crippen LogP contribution is 2.22. The Hall–Kier alpha value is -2.89. The van der Waals surface area contributed by atoms with Gasteiger partial charge in [-0.05, 0) is 36.8 Å². The fourth-order valence-corrected chi connectivity index (χ4v) is 3.05. The lowest BCUT2D eigenvalue weighted by atomic mass is 10.2. The van der Waals surface area contributed by atoms with E-state index in [1.807, 2.05) is 6.07 Å². The average Bonchev–Trinajstić information content (AvgIpc) is 2.61. The van der Waals surface area contributed by atoms with Crippen molar-refractivity contribution in [3.8, 4) is 11.8 Å². The van der Waals surface area contributed by atoms with Gasteiger partial charge in [0.25, 0.3) is 5.91 Å². The molecule has 0 aliphatic rings. The fraction of sp³-hybridized carbons (Fsp3) is 0.222. The number of nitriles is 1. The Bertz CT molecular complexity index is 963. The zero-order chi connectivity index (χ0) is 19.3. The quantitative estimate of drug-likeness (QED) is 0.836. The van der Waals surface area contributed by atoms with Crippen molar-refractivity contribution in [2.75, 3.05) is 26.0 Å². The van der Waals surface area contributed by atoms with Gasteiger partial charge in [0, 0.05) is 19.8 Å². The van der Waals surface area contributed by atoms with E-state index in [4.69, 9.17) is 10.00 Å². The number of amides is 1. The van der Waals surface area contributed by atoms with Crippen molar-refractivity contribution < 1.29 is 17.9 Å². The van der Waals surface area contributed by atoms with E-state index in [9.17, 15) is 13.2 Å². The van der Waals surface area contributed by atoms with Crippen LogP contribution in [0.1, 0.15) is 11.1 Å². The van der Waals surface area contributed by atoms with Gasteiger partial charge in [-0.25, -0.2) is 12.7 Å². The van der Waals surface area contributed by atoms with Gasteiger partial charge in [0.2, 0.25) is 10.0 Å². The molecule has 2 aromatic carbocycles. The maximum atomic E-state index is 12.2. The average molecular weight is 373 g/mol. The molecule has 0 saturated carbocycles. The predicted molar refractivity (Wildman–Crippen MR) is 97.3 cm³/mol. The SMILES string of the molecule is Cc1ccc(S(=O)(=O)N(C)C)cc1NC(=O)COc1ccccc1C#N. The number of nitrogens with one attached hydrogen (secondary N) is 1. The summed E-state index contributed by atoms with van der Waals surface area (Å²) in [6.07, 6.45) is 0. The molecule has 0 aromatic heterocycles. The number of rotatable bonds is 6.